The van der Waals surface area contributed by atoms with Crippen LogP contribution in [0.4, 0.5) is 0 Å². The van der Waals surface area contributed by atoms with Crippen LogP contribution in [0, 0.1) is 11.3 Å². The van der Waals surface area contributed by atoms with Crippen molar-refractivity contribution in [1.29, 1.82) is 5.26 Å². The van der Waals surface area contributed by atoms with E-state index >= 15 is 0 Å². The van der Waals surface area contributed by atoms with E-state index in [9.17, 15) is 14.9 Å². The Morgan fingerprint density at radius 3 is 2.80 bits per heavy atom. The fourth-order valence-corrected chi connectivity index (χ4v) is 4.17. The second-order valence-corrected chi connectivity index (χ2v) is 8.59. The van der Waals surface area contributed by atoms with Crippen LogP contribution >= 0.6 is 0 Å². The van der Waals surface area contributed by atoms with E-state index in [1.807, 2.05) is 43.3 Å². The van der Waals surface area contributed by atoms with E-state index in [1.54, 1.807) is 13.1 Å². The summed E-state index contributed by atoms with van der Waals surface area (Å²) in [6.07, 6.45) is 0.477. The van der Waals surface area contributed by atoms with E-state index in [2.05, 4.69) is 16.7 Å². The molecule has 0 aliphatic carbocycles. The summed E-state index contributed by atoms with van der Waals surface area (Å²) in [6, 6.07) is 14.9. The van der Waals surface area contributed by atoms with Crippen molar-refractivity contribution in [3.63, 3.8) is 0 Å². The Hall–Kier alpha value is -3.45. The van der Waals surface area contributed by atoms with Gasteiger partial charge in [-0.05, 0) is 48.7 Å². The van der Waals surface area contributed by atoms with Crippen LogP contribution in [0.3, 0.4) is 0 Å². The minimum Gasteiger partial charge on any atom is -0.408 e. The molecule has 1 fully saturated rings. The largest absolute Gasteiger partial charge is 0.419 e. The maximum atomic E-state index is 12.8. The van der Waals surface area contributed by atoms with Gasteiger partial charge in [-0.25, -0.2) is 4.79 Å². The highest BCUT2D eigenvalue weighted by Crippen LogP contribution is 2.24. The molecule has 0 bridgehead atoms. The van der Waals surface area contributed by atoms with E-state index in [4.69, 9.17) is 13.9 Å². The van der Waals surface area contributed by atoms with Crippen LogP contribution in [-0.2, 0) is 27.7 Å². The first kappa shape index (κ1) is 24.7. The molecule has 1 aromatic heterocycles. The smallest absolute Gasteiger partial charge is 0.408 e. The van der Waals surface area contributed by atoms with Gasteiger partial charge in [-0.3, -0.25) is 9.36 Å². The molecule has 3 atom stereocenters. The van der Waals surface area contributed by atoms with Crippen molar-refractivity contribution >= 4 is 17.0 Å². The molecule has 9 nitrogen and oxygen atoms in total. The number of rotatable bonds is 7. The number of benzene rings is 2. The molecule has 2 N–H and O–H groups in total. The Labute approximate surface area is 203 Å². The summed E-state index contributed by atoms with van der Waals surface area (Å²) in [5.41, 5.74) is 4.11. The maximum Gasteiger partial charge on any atom is 0.419 e. The summed E-state index contributed by atoms with van der Waals surface area (Å²) in [4.78, 5) is 24.5. The highest BCUT2D eigenvalue weighted by atomic mass is 16.5. The number of ether oxygens (including phenoxy) is 2. The standard InChI is InChI=1S/C26H30N4O5/c1-3-33-21-10-11-28-15-24(34-16-21)25(31)29-20(14-27)12-17-4-6-18(7-5-17)19-8-9-23-22(13-19)30(2)26(32)35-23/h4-9,13,20-21,24,28H,3,10-12,15-16H2,1-2H3,(H,29,31)/t20-,21+,24-/m0/s1. The van der Waals surface area contributed by atoms with E-state index in [0.717, 1.165) is 35.2 Å². The van der Waals surface area contributed by atoms with Gasteiger partial charge in [-0.15, -0.1) is 0 Å². The van der Waals surface area contributed by atoms with Gasteiger partial charge in [0.25, 0.3) is 5.91 Å². The number of aromatic nitrogens is 1. The summed E-state index contributed by atoms with van der Waals surface area (Å²) in [6.45, 7) is 4.02. The van der Waals surface area contributed by atoms with E-state index < -0.39 is 17.9 Å². The molecule has 2 heterocycles. The molecular formula is C26H30N4O5. The third kappa shape index (κ3) is 5.98. The molecule has 1 aliphatic heterocycles. The fraction of sp³-hybridized carbons (Fsp3) is 0.423. The van der Waals surface area contributed by atoms with Gasteiger partial charge in [-0.1, -0.05) is 30.3 Å². The molecule has 184 valence electrons. The molecule has 1 amide bonds. The number of carbonyl (C=O) groups excluding carboxylic acids is 1. The molecular weight excluding hydrogens is 448 g/mol. The molecule has 0 radical (unpaired) electrons. The lowest BCUT2D eigenvalue weighted by molar-refractivity contribution is -0.137. The number of hydrogen-bond donors (Lipinski definition) is 2. The monoisotopic (exact) mass is 478 g/mol. The second kappa shape index (κ2) is 11.3. The number of carbonyl (C=O) groups is 1. The molecule has 2 aromatic carbocycles. The first-order valence-corrected chi connectivity index (χ1v) is 11.8. The minimum atomic E-state index is -0.679. The Kier molecular flexibility index (Phi) is 7.98. The number of oxazole rings is 1. The zero-order valence-electron chi connectivity index (χ0n) is 20.0. The van der Waals surface area contributed by atoms with Crippen LogP contribution in [0.15, 0.2) is 51.7 Å². The number of amides is 1. The van der Waals surface area contributed by atoms with Gasteiger partial charge in [0.15, 0.2) is 5.58 Å². The Morgan fingerprint density at radius 1 is 1.29 bits per heavy atom. The molecule has 35 heavy (non-hydrogen) atoms. The minimum absolute atomic E-state index is 0.0486. The van der Waals surface area contributed by atoms with Crippen LogP contribution in [0.5, 0.6) is 0 Å². The molecule has 9 heteroatoms. The highest BCUT2D eigenvalue weighted by molar-refractivity contribution is 5.82. The summed E-state index contributed by atoms with van der Waals surface area (Å²) < 4.78 is 18.1. The zero-order chi connectivity index (χ0) is 24.8. The molecule has 1 saturated heterocycles. The fourth-order valence-electron chi connectivity index (χ4n) is 4.17. The van der Waals surface area contributed by atoms with Gasteiger partial charge in [0, 0.05) is 26.6 Å². The molecule has 4 rings (SSSR count). The van der Waals surface area contributed by atoms with Gasteiger partial charge in [-0.2, -0.15) is 5.26 Å². The Balaban J connectivity index is 1.38. The number of nitriles is 1. The topological polar surface area (TPSA) is 119 Å². The van der Waals surface area contributed by atoms with Gasteiger partial charge in [0.2, 0.25) is 0 Å². The first-order valence-electron chi connectivity index (χ1n) is 11.8. The Morgan fingerprint density at radius 2 is 2.06 bits per heavy atom. The second-order valence-electron chi connectivity index (χ2n) is 8.59. The zero-order valence-corrected chi connectivity index (χ0v) is 20.0. The highest BCUT2D eigenvalue weighted by Gasteiger charge is 2.25. The lowest BCUT2D eigenvalue weighted by atomic mass is 10.0. The third-order valence-corrected chi connectivity index (χ3v) is 6.14. The molecule has 3 aromatic rings. The van der Waals surface area contributed by atoms with Crippen molar-refractivity contribution in [2.75, 3.05) is 26.3 Å². The van der Waals surface area contributed by atoms with Gasteiger partial charge in [0.05, 0.1) is 24.3 Å². The van der Waals surface area contributed by atoms with E-state index in [0.29, 0.717) is 31.8 Å². The number of nitrogens with one attached hydrogen (secondary N) is 2. The van der Waals surface area contributed by atoms with Gasteiger partial charge >= 0.3 is 5.76 Å². The summed E-state index contributed by atoms with van der Waals surface area (Å²) in [7, 11) is 1.67. The van der Waals surface area contributed by atoms with Crippen molar-refractivity contribution in [1.82, 2.24) is 15.2 Å². The van der Waals surface area contributed by atoms with Crippen molar-refractivity contribution in [2.24, 2.45) is 7.05 Å². The van der Waals surface area contributed by atoms with Crippen molar-refractivity contribution < 1.29 is 18.7 Å². The lowest BCUT2D eigenvalue weighted by Gasteiger charge is -2.26. The summed E-state index contributed by atoms with van der Waals surface area (Å²) in [5.74, 6) is -0.705. The summed E-state index contributed by atoms with van der Waals surface area (Å²) in [5, 5.41) is 15.6. The van der Waals surface area contributed by atoms with Crippen LogP contribution in [0.1, 0.15) is 18.9 Å². The van der Waals surface area contributed by atoms with Crippen LogP contribution in [0.25, 0.3) is 22.2 Å². The number of aryl methyl sites for hydroxylation is 1. The third-order valence-electron chi connectivity index (χ3n) is 6.14. The summed E-state index contributed by atoms with van der Waals surface area (Å²) >= 11 is 0. The quantitative estimate of drug-likeness (QED) is 0.534. The SMILES string of the molecule is CCO[C@@H]1CCNC[C@@H](C(=O)N[C@H](C#N)Cc2ccc(-c3ccc4oc(=O)n(C)c4c3)cc2)OC1. The van der Waals surface area contributed by atoms with E-state index in [1.165, 1.54) is 4.57 Å². The molecule has 0 spiro atoms. The van der Waals surface area contributed by atoms with Crippen LogP contribution in [0.2, 0.25) is 0 Å². The normalized spacial score (nSPS) is 19.5. The van der Waals surface area contributed by atoms with Crippen molar-refractivity contribution in [2.45, 2.75) is 38.0 Å². The predicted octanol–water partition coefficient (Wildman–Crippen LogP) is 2.13. The van der Waals surface area contributed by atoms with Crippen molar-refractivity contribution in [3.8, 4) is 17.2 Å². The number of nitrogens with zero attached hydrogens (tertiary/aromatic N) is 2. The van der Waals surface area contributed by atoms with Gasteiger partial charge < -0.3 is 24.5 Å². The number of fused-ring (bicyclic) bond motifs is 1. The molecule has 0 saturated carbocycles. The van der Waals surface area contributed by atoms with Crippen molar-refractivity contribution in [3.05, 3.63) is 58.6 Å². The van der Waals surface area contributed by atoms with Crippen LogP contribution in [-0.4, -0.2) is 55.0 Å². The van der Waals surface area contributed by atoms with Crippen LogP contribution < -0.4 is 16.4 Å². The molecule has 0 unspecified atom stereocenters. The average Bonchev–Trinajstić information content (AvgIpc) is 3.13. The maximum absolute atomic E-state index is 12.8. The van der Waals surface area contributed by atoms with E-state index in [-0.39, 0.29) is 12.0 Å². The first-order chi connectivity index (χ1) is 17.0. The van der Waals surface area contributed by atoms with Gasteiger partial charge in [0.1, 0.15) is 12.1 Å². The average molecular weight is 479 g/mol. The predicted molar refractivity (Wildman–Crippen MR) is 131 cm³/mol. The Bertz CT molecular complexity index is 1260. The lowest BCUT2D eigenvalue weighted by Crippen LogP contribution is -2.49. The molecule has 1 aliphatic rings. The number of hydrogen-bond acceptors (Lipinski definition) is 7.